The number of hydrazine groups is 1. The second kappa shape index (κ2) is 7.51. The Morgan fingerprint density at radius 1 is 1.16 bits per heavy atom. The Labute approximate surface area is 139 Å². The lowest BCUT2D eigenvalue weighted by Crippen LogP contribution is -2.33. The fourth-order valence-corrected chi connectivity index (χ4v) is 1.80. The molecular weight excluding hydrogens is 343 g/mol. The maximum atomic E-state index is 12.6. The first kappa shape index (κ1) is 18.0. The van der Waals surface area contributed by atoms with Gasteiger partial charge in [0.2, 0.25) is 0 Å². The van der Waals surface area contributed by atoms with Crippen molar-refractivity contribution in [2.24, 2.45) is 0 Å². The molecule has 7 nitrogen and oxygen atoms in total. The fraction of sp³-hybridized carbons (Fsp3) is 0.133. The lowest BCUT2D eigenvalue weighted by molar-refractivity contribution is -0.384. The molecule has 2 N–H and O–H groups in total. The Kier molecular flexibility index (Phi) is 5.42. The minimum atomic E-state index is -4.71. The predicted octanol–water partition coefficient (Wildman–Crippen LogP) is 3.14. The second-order valence-corrected chi connectivity index (χ2v) is 4.76. The summed E-state index contributed by atoms with van der Waals surface area (Å²) in [6, 6.07) is 10.3. The van der Waals surface area contributed by atoms with Crippen molar-refractivity contribution in [3.63, 3.8) is 0 Å². The van der Waals surface area contributed by atoms with Crippen molar-refractivity contribution in [2.75, 3.05) is 12.0 Å². The van der Waals surface area contributed by atoms with Crippen molar-refractivity contribution in [3.8, 4) is 5.75 Å². The van der Waals surface area contributed by atoms with Crippen molar-refractivity contribution in [1.82, 2.24) is 5.43 Å². The third-order valence-corrected chi connectivity index (χ3v) is 2.97. The first-order valence-electron chi connectivity index (χ1n) is 6.85. The number of rotatable bonds is 6. The average Bonchev–Trinajstić information content (AvgIpc) is 2.58. The molecule has 0 saturated heterocycles. The lowest BCUT2D eigenvalue weighted by Gasteiger charge is -2.12. The van der Waals surface area contributed by atoms with E-state index in [9.17, 15) is 28.1 Å². The molecule has 0 aliphatic heterocycles. The number of nitro groups is 1. The number of carbonyl (C=O) groups is 1. The van der Waals surface area contributed by atoms with Gasteiger partial charge in [-0.3, -0.25) is 25.8 Å². The van der Waals surface area contributed by atoms with E-state index in [0.29, 0.717) is 17.9 Å². The van der Waals surface area contributed by atoms with Crippen LogP contribution in [0.25, 0.3) is 0 Å². The van der Waals surface area contributed by atoms with Crippen LogP contribution in [0.2, 0.25) is 0 Å². The van der Waals surface area contributed by atoms with Gasteiger partial charge in [0.25, 0.3) is 11.6 Å². The number of hydrogen-bond acceptors (Lipinski definition) is 5. The molecule has 0 heterocycles. The highest BCUT2D eigenvalue weighted by Crippen LogP contribution is 2.34. The summed E-state index contributed by atoms with van der Waals surface area (Å²) >= 11 is 0. The van der Waals surface area contributed by atoms with E-state index in [2.05, 4.69) is 10.9 Å². The molecule has 0 radical (unpaired) electrons. The first-order chi connectivity index (χ1) is 11.8. The van der Waals surface area contributed by atoms with Crippen LogP contribution in [0.4, 0.5) is 24.5 Å². The third-order valence-electron chi connectivity index (χ3n) is 2.97. The van der Waals surface area contributed by atoms with Crippen LogP contribution >= 0.6 is 0 Å². The molecular formula is C15H12F3N3O4. The van der Waals surface area contributed by atoms with Crippen LogP contribution in [-0.4, -0.2) is 17.4 Å². The molecule has 0 aliphatic carbocycles. The molecule has 0 saturated carbocycles. The van der Waals surface area contributed by atoms with Crippen LogP contribution in [0.15, 0.2) is 48.5 Å². The maximum Gasteiger partial charge on any atom is 0.416 e. The van der Waals surface area contributed by atoms with Gasteiger partial charge in [-0.25, -0.2) is 0 Å². The first-order valence-corrected chi connectivity index (χ1v) is 6.85. The van der Waals surface area contributed by atoms with E-state index in [1.807, 2.05) is 0 Å². The highest BCUT2D eigenvalue weighted by Gasteiger charge is 2.33. The van der Waals surface area contributed by atoms with Gasteiger partial charge in [-0.05, 0) is 24.3 Å². The van der Waals surface area contributed by atoms with E-state index in [-0.39, 0.29) is 12.3 Å². The molecule has 0 aromatic heterocycles. The van der Waals surface area contributed by atoms with Crippen LogP contribution in [0.1, 0.15) is 5.56 Å². The molecule has 0 bridgehead atoms. The number of nitro benzene ring substituents is 1. The summed E-state index contributed by atoms with van der Waals surface area (Å²) in [4.78, 5) is 21.6. The van der Waals surface area contributed by atoms with Gasteiger partial charge in [-0.1, -0.05) is 18.2 Å². The Morgan fingerprint density at radius 2 is 1.84 bits per heavy atom. The normalized spacial score (nSPS) is 10.8. The average molecular weight is 355 g/mol. The molecule has 10 heteroatoms. The van der Waals surface area contributed by atoms with Gasteiger partial charge < -0.3 is 4.74 Å². The van der Waals surface area contributed by atoms with E-state index in [1.165, 1.54) is 0 Å². The van der Waals surface area contributed by atoms with Crippen molar-refractivity contribution in [1.29, 1.82) is 0 Å². The Hall–Kier alpha value is -3.30. The number of nitrogens with zero attached hydrogens (tertiary/aromatic N) is 1. The number of amides is 1. The number of para-hydroxylation sites is 1. The van der Waals surface area contributed by atoms with Crippen LogP contribution in [0, 0.1) is 10.1 Å². The maximum absolute atomic E-state index is 12.6. The smallest absolute Gasteiger partial charge is 0.416 e. The van der Waals surface area contributed by atoms with Crippen molar-refractivity contribution in [3.05, 3.63) is 64.2 Å². The largest absolute Gasteiger partial charge is 0.484 e. The number of nitrogens with one attached hydrogen (secondary N) is 2. The van der Waals surface area contributed by atoms with Gasteiger partial charge >= 0.3 is 6.18 Å². The summed E-state index contributed by atoms with van der Waals surface area (Å²) in [5, 5.41) is 10.9. The minimum Gasteiger partial charge on any atom is -0.484 e. The molecule has 0 unspecified atom stereocenters. The second-order valence-electron chi connectivity index (χ2n) is 4.76. The number of halogens is 3. The van der Waals surface area contributed by atoms with Crippen molar-refractivity contribution >= 4 is 17.3 Å². The van der Waals surface area contributed by atoms with E-state index < -0.39 is 28.3 Å². The van der Waals surface area contributed by atoms with Gasteiger partial charge in [0.15, 0.2) is 6.61 Å². The third kappa shape index (κ3) is 5.09. The highest BCUT2D eigenvalue weighted by molar-refractivity contribution is 5.79. The van der Waals surface area contributed by atoms with Gasteiger partial charge in [0, 0.05) is 6.07 Å². The van der Waals surface area contributed by atoms with Gasteiger partial charge in [-0.2, -0.15) is 13.2 Å². The molecule has 0 aliphatic rings. The van der Waals surface area contributed by atoms with Crippen molar-refractivity contribution < 1.29 is 27.6 Å². The highest BCUT2D eigenvalue weighted by atomic mass is 19.4. The molecule has 132 valence electrons. The summed E-state index contributed by atoms with van der Waals surface area (Å²) in [6.45, 7) is -0.383. The summed E-state index contributed by atoms with van der Waals surface area (Å²) < 4.78 is 43.0. The van der Waals surface area contributed by atoms with E-state index in [4.69, 9.17) is 4.74 Å². The fourth-order valence-electron chi connectivity index (χ4n) is 1.80. The predicted molar refractivity (Wildman–Crippen MR) is 81.8 cm³/mol. The molecule has 0 fully saturated rings. The molecule has 0 atom stereocenters. The van der Waals surface area contributed by atoms with Gasteiger partial charge in [0.1, 0.15) is 11.4 Å². The van der Waals surface area contributed by atoms with Crippen LogP contribution in [0.3, 0.4) is 0 Å². The summed E-state index contributed by atoms with van der Waals surface area (Å²) in [7, 11) is 0. The van der Waals surface area contributed by atoms with Crippen molar-refractivity contribution in [2.45, 2.75) is 6.18 Å². The van der Waals surface area contributed by atoms with E-state index in [0.717, 1.165) is 6.07 Å². The Balaban J connectivity index is 1.99. The molecule has 2 aromatic carbocycles. The zero-order valence-corrected chi connectivity index (χ0v) is 12.5. The number of alkyl halides is 3. The van der Waals surface area contributed by atoms with Gasteiger partial charge in [0.05, 0.1) is 10.5 Å². The molecule has 0 spiro atoms. The number of benzene rings is 2. The van der Waals surface area contributed by atoms with Gasteiger partial charge in [-0.15, -0.1) is 0 Å². The minimum absolute atomic E-state index is 0.286. The van der Waals surface area contributed by atoms with E-state index in [1.54, 1.807) is 30.3 Å². The quantitative estimate of drug-likeness (QED) is 0.613. The summed E-state index contributed by atoms with van der Waals surface area (Å²) in [6.07, 6.45) is -4.71. The zero-order valence-electron chi connectivity index (χ0n) is 12.5. The zero-order chi connectivity index (χ0) is 18.4. The molecule has 25 heavy (non-hydrogen) atoms. The monoisotopic (exact) mass is 355 g/mol. The molecule has 1 amide bonds. The Morgan fingerprint density at radius 3 is 2.44 bits per heavy atom. The van der Waals surface area contributed by atoms with E-state index >= 15 is 0 Å². The summed E-state index contributed by atoms with van der Waals surface area (Å²) in [5.74, 6) is -0.226. The number of carbonyl (C=O) groups excluding carboxylic acids is 1. The van der Waals surface area contributed by atoms with Crippen LogP contribution in [0.5, 0.6) is 5.75 Å². The van der Waals surface area contributed by atoms with Crippen LogP contribution in [-0.2, 0) is 11.0 Å². The lowest BCUT2D eigenvalue weighted by atomic mass is 10.1. The SMILES string of the molecule is O=C(COc1ccccc1)NNc1ccc(C(F)(F)F)cc1[N+](=O)[O-]. The molecule has 2 rings (SSSR count). The summed E-state index contributed by atoms with van der Waals surface area (Å²) in [5.41, 5.74) is 2.07. The number of hydrogen-bond donors (Lipinski definition) is 2. The van der Waals surface area contributed by atoms with Crippen LogP contribution < -0.4 is 15.6 Å². The standard InChI is InChI=1S/C15H12F3N3O4/c16-15(17,18)10-6-7-12(13(8-10)21(23)24)19-20-14(22)9-25-11-4-2-1-3-5-11/h1-8,19H,9H2,(H,20,22). The number of ether oxygens (including phenoxy) is 1. The topological polar surface area (TPSA) is 93.5 Å². The Bertz CT molecular complexity index is 766. The number of anilines is 1. The molecule has 2 aromatic rings.